The van der Waals surface area contributed by atoms with Gasteiger partial charge in [0.1, 0.15) is 18.2 Å². The minimum atomic E-state index is -0.743. The highest BCUT2D eigenvalue weighted by molar-refractivity contribution is 6.40. The Kier molecular flexibility index (Phi) is 12.9. The van der Waals surface area contributed by atoms with Crippen molar-refractivity contribution in [2.45, 2.75) is 6.04 Å². The predicted octanol–water partition coefficient (Wildman–Crippen LogP) is 3.42. The lowest BCUT2D eigenvalue weighted by Crippen LogP contribution is -2.59. The number of nitrogen functional groups attached to an aromatic ring is 1. The molecule has 2 amide bonds. The van der Waals surface area contributed by atoms with Crippen LogP contribution in [0.15, 0.2) is 30.6 Å². The van der Waals surface area contributed by atoms with E-state index in [2.05, 4.69) is 15.3 Å². The van der Waals surface area contributed by atoms with Crippen molar-refractivity contribution in [1.29, 1.82) is 0 Å². The van der Waals surface area contributed by atoms with E-state index in [0.29, 0.717) is 41.6 Å². The van der Waals surface area contributed by atoms with Crippen LogP contribution >= 0.6 is 60.4 Å². The summed E-state index contributed by atoms with van der Waals surface area (Å²) in [5.74, 6) is 0.739. The van der Waals surface area contributed by atoms with Gasteiger partial charge in [0.05, 0.1) is 42.0 Å². The average molecular weight is 644 g/mol. The minimum Gasteiger partial charge on any atom is -0.493 e. The second-order valence-electron chi connectivity index (χ2n) is 8.16. The molecule has 39 heavy (non-hydrogen) atoms. The molecule has 214 valence electrons. The largest absolute Gasteiger partial charge is 0.493 e. The maximum Gasteiger partial charge on any atom is 0.238 e. The molecule has 1 fully saturated rings. The predicted molar refractivity (Wildman–Crippen MR) is 161 cm³/mol. The number of methoxy groups -OCH3 is 2. The van der Waals surface area contributed by atoms with Crippen LogP contribution in [0.1, 0.15) is 0 Å². The molecule has 0 spiro atoms. The molecule has 5 N–H and O–H groups in total. The van der Waals surface area contributed by atoms with Gasteiger partial charge in [-0.2, -0.15) is 0 Å². The molecule has 2 heterocycles. The number of hydrogen-bond donors (Lipinski definition) is 3. The highest BCUT2D eigenvalue weighted by Crippen LogP contribution is 2.35. The average Bonchev–Trinajstić information content (AvgIpc) is 2.85. The van der Waals surface area contributed by atoms with Crippen molar-refractivity contribution >= 4 is 100 Å². The van der Waals surface area contributed by atoms with E-state index in [-0.39, 0.29) is 66.0 Å². The van der Waals surface area contributed by atoms with Gasteiger partial charge >= 0.3 is 0 Å². The number of benzene rings is 2. The first-order valence-corrected chi connectivity index (χ1v) is 11.7. The number of nitrogens with one attached hydrogen (secondary N) is 1. The van der Waals surface area contributed by atoms with Gasteiger partial charge in [-0.05, 0) is 18.2 Å². The molecular weight excluding hydrogens is 616 g/mol. The van der Waals surface area contributed by atoms with Crippen LogP contribution in [0, 0.1) is 0 Å². The van der Waals surface area contributed by atoms with Crippen LogP contribution in [-0.4, -0.2) is 73.1 Å². The fourth-order valence-electron chi connectivity index (χ4n) is 4.17. The molecule has 1 aromatic heterocycles. The third-order valence-electron chi connectivity index (χ3n) is 5.91. The van der Waals surface area contributed by atoms with Gasteiger partial charge in [-0.25, -0.2) is 9.97 Å². The van der Waals surface area contributed by atoms with Crippen LogP contribution in [0.2, 0.25) is 10.0 Å². The lowest BCUT2D eigenvalue weighted by atomic mass is 10.1. The summed E-state index contributed by atoms with van der Waals surface area (Å²) in [6.07, 6.45) is 1.45. The van der Waals surface area contributed by atoms with Gasteiger partial charge in [-0.1, -0.05) is 23.2 Å². The van der Waals surface area contributed by atoms with E-state index in [1.54, 1.807) is 31.3 Å². The molecule has 1 unspecified atom stereocenters. The normalized spacial score (nSPS) is 14.9. The third kappa shape index (κ3) is 7.50. The van der Waals surface area contributed by atoms with Gasteiger partial charge in [0, 0.05) is 36.8 Å². The molecule has 0 bridgehead atoms. The number of anilines is 3. The van der Waals surface area contributed by atoms with E-state index in [4.69, 9.17) is 44.1 Å². The lowest BCUT2D eigenvalue weighted by molar-refractivity contribution is -0.125. The summed E-state index contributed by atoms with van der Waals surface area (Å²) >= 11 is 12.3. The van der Waals surface area contributed by atoms with Crippen molar-refractivity contribution in [3.8, 4) is 11.5 Å². The van der Waals surface area contributed by atoms with Crippen molar-refractivity contribution in [2.75, 3.05) is 56.3 Å². The first-order chi connectivity index (χ1) is 17.2. The number of carbonyl (C=O) groups is 2. The Balaban J connectivity index is 0.00000253. The first-order valence-electron chi connectivity index (χ1n) is 10.9. The zero-order chi connectivity index (χ0) is 26.0. The second-order valence-corrected chi connectivity index (χ2v) is 8.98. The molecule has 3 aromatic rings. The van der Waals surface area contributed by atoms with Gasteiger partial charge in [-0.3, -0.25) is 14.5 Å². The van der Waals surface area contributed by atoms with Gasteiger partial charge in [0.15, 0.2) is 11.5 Å². The van der Waals surface area contributed by atoms with Gasteiger partial charge < -0.3 is 31.2 Å². The molecule has 0 radical (unpaired) electrons. The fourth-order valence-corrected chi connectivity index (χ4v) is 4.77. The Bertz CT molecular complexity index is 1310. The maximum absolute atomic E-state index is 12.8. The second kappa shape index (κ2) is 14.6. The summed E-state index contributed by atoms with van der Waals surface area (Å²) in [4.78, 5) is 37.6. The van der Waals surface area contributed by atoms with Gasteiger partial charge in [-0.15, -0.1) is 37.2 Å². The van der Waals surface area contributed by atoms with Gasteiger partial charge in [0.25, 0.3) is 0 Å². The quantitative estimate of drug-likeness (QED) is 0.329. The SMILES string of the molecule is COc1cc2ncnc(N3CCN(CC(=O)Nc4c(Cl)cc(N)cc4Cl)C(C(N)=O)C3)c2cc1OC.Cl.Cl.Cl. The molecular formula is C23H28Cl5N7O4. The van der Waals surface area contributed by atoms with Crippen LogP contribution in [0.3, 0.4) is 0 Å². The third-order valence-corrected chi connectivity index (χ3v) is 6.51. The number of amides is 2. The first kappa shape index (κ1) is 34.4. The number of aromatic nitrogens is 2. The van der Waals surface area contributed by atoms with Crippen molar-refractivity contribution in [2.24, 2.45) is 5.73 Å². The molecule has 1 aliphatic rings. The standard InChI is InChI=1S/C23H25Cl2N7O4.3ClH/c1-35-18-7-13-16(8-19(18)36-2)28-11-29-23(13)32-4-3-31(17(9-32)22(27)34)10-20(33)30-21-14(24)5-12(26)6-15(21)25;;;/h5-8,11,17H,3-4,9-10,26H2,1-2H3,(H2,27,34)(H,30,33);3*1H. The topological polar surface area (TPSA) is 149 Å². The Labute approximate surface area is 253 Å². The molecule has 4 rings (SSSR count). The number of piperazine rings is 1. The molecule has 1 atom stereocenters. The zero-order valence-electron chi connectivity index (χ0n) is 20.8. The zero-order valence-corrected chi connectivity index (χ0v) is 24.8. The monoisotopic (exact) mass is 641 g/mol. The molecule has 0 saturated carbocycles. The molecule has 1 aliphatic heterocycles. The van der Waals surface area contributed by atoms with E-state index in [0.717, 1.165) is 5.39 Å². The molecule has 2 aromatic carbocycles. The fraction of sp³-hybridized carbons (Fsp3) is 0.304. The van der Waals surface area contributed by atoms with Crippen LogP contribution in [-0.2, 0) is 9.59 Å². The van der Waals surface area contributed by atoms with E-state index in [1.807, 2.05) is 4.90 Å². The summed E-state index contributed by atoms with van der Waals surface area (Å²) < 4.78 is 10.8. The highest BCUT2D eigenvalue weighted by Gasteiger charge is 2.33. The highest BCUT2D eigenvalue weighted by atomic mass is 35.5. The van der Waals surface area contributed by atoms with Crippen LogP contribution in [0.25, 0.3) is 10.9 Å². The number of carbonyl (C=O) groups excluding carboxylic acids is 2. The Morgan fingerprint density at radius 3 is 2.23 bits per heavy atom. The van der Waals surface area contributed by atoms with Crippen LogP contribution < -0.4 is 31.2 Å². The van der Waals surface area contributed by atoms with Crippen molar-refractivity contribution in [1.82, 2.24) is 14.9 Å². The van der Waals surface area contributed by atoms with Crippen molar-refractivity contribution in [3.63, 3.8) is 0 Å². The number of nitrogens with zero attached hydrogens (tertiary/aromatic N) is 4. The van der Waals surface area contributed by atoms with Crippen molar-refractivity contribution in [3.05, 3.63) is 40.6 Å². The number of fused-ring (bicyclic) bond motifs is 1. The van der Waals surface area contributed by atoms with Crippen LogP contribution in [0.4, 0.5) is 17.2 Å². The van der Waals surface area contributed by atoms with E-state index >= 15 is 0 Å². The number of nitrogens with two attached hydrogens (primary N) is 2. The lowest BCUT2D eigenvalue weighted by Gasteiger charge is -2.40. The summed E-state index contributed by atoms with van der Waals surface area (Å²) in [5, 5.41) is 3.85. The van der Waals surface area contributed by atoms with Crippen molar-refractivity contribution < 1.29 is 19.1 Å². The molecule has 1 saturated heterocycles. The maximum atomic E-state index is 12.8. The molecule has 0 aliphatic carbocycles. The summed E-state index contributed by atoms with van der Waals surface area (Å²) in [5.41, 5.74) is 12.7. The van der Waals surface area contributed by atoms with E-state index in [1.165, 1.54) is 18.5 Å². The summed E-state index contributed by atoms with van der Waals surface area (Å²) in [6, 6.07) is 5.80. The number of primary amides is 1. The van der Waals surface area contributed by atoms with Crippen LogP contribution in [0.5, 0.6) is 11.5 Å². The van der Waals surface area contributed by atoms with Gasteiger partial charge in [0.2, 0.25) is 11.8 Å². The Morgan fingerprint density at radius 2 is 1.64 bits per heavy atom. The van der Waals surface area contributed by atoms with E-state index in [9.17, 15) is 9.59 Å². The van der Waals surface area contributed by atoms with E-state index < -0.39 is 17.9 Å². The summed E-state index contributed by atoms with van der Waals surface area (Å²) in [7, 11) is 3.10. The molecule has 11 nitrogen and oxygen atoms in total. The number of halogens is 5. The Morgan fingerprint density at radius 1 is 1.03 bits per heavy atom. The Hall–Kier alpha value is -2.67. The number of ether oxygens (including phenoxy) is 2. The number of hydrogen-bond acceptors (Lipinski definition) is 9. The minimum absolute atomic E-state index is 0. The number of rotatable bonds is 7. The smallest absolute Gasteiger partial charge is 0.238 e. The summed E-state index contributed by atoms with van der Waals surface area (Å²) in [6.45, 7) is 1.00. The molecule has 16 heteroatoms.